The van der Waals surface area contributed by atoms with Gasteiger partial charge in [0.1, 0.15) is 0 Å². The Labute approximate surface area is 155 Å². The first-order valence-corrected chi connectivity index (χ1v) is 9.45. The number of carbonyl (C=O) groups excluding carboxylic acids is 1. The molecule has 0 aliphatic carbocycles. The number of benzene rings is 1. The van der Waals surface area contributed by atoms with Gasteiger partial charge in [0.2, 0.25) is 11.8 Å². The fourth-order valence-corrected chi connectivity index (χ4v) is 3.34. The highest BCUT2D eigenvalue weighted by Crippen LogP contribution is 2.19. The highest BCUT2D eigenvalue weighted by atomic mass is 16.5. The second-order valence-corrected chi connectivity index (χ2v) is 7.26. The van der Waals surface area contributed by atoms with Gasteiger partial charge < -0.3 is 9.42 Å². The van der Waals surface area contributed by atoms with E-state index in [9.17, 15) is 4.79 Å². The molecule has 0 unspecified atom stereocenters. The second kappa shape index (κ2) is 8.45. The number of nitrogens with zero attached hydrogens (tertiary/aromatic N) is 4. The van der Waals surface area contributed by atoms with Crippen molar-refractivity contribution in [2.75, 3.05) is 13.1 Å². The maximum atomic E-state index is 12.7. The molecule has 0 N–H and O–H groups in total. The molecule has 1 aromatic carbocycles. The van der Waals surface area contributed by atoms with Crippen LogP contribution in [-0.4, -0.2) is 45.0 Å². The van der Waals surface area contributed by atoms with Crippen LogP contribution in [0.5, 0.6) is 0 Å². The fraction of sp³-hybridized carbons (Fsp3) is 0.550. The lowest BCUT2D eigenvalue weighted by atomic mass is 10.1. The van der Waals surface area contributed by atoms with Crippen molar-refractivity contribution in [3.8, 4) is 0 Å². The fourth-order valence-electron chi connectivity index (χ4n) is 3.34. The zero-order chi connectivity index (χ0) is 18.5. The van der Waals surface area contributed by atoms with Gasteiger partial charge in [0, 0.05) is 38.0 Å². The molecule has 2 heterocycles. The van der Waals surface area contributed by atoms with E-state index in [2.05, 4.69) is 34.1 Å². The van der Waals surface area contributed by atoms with E-state index in [1.807, 2.05) is 36.9 Å². The van der Waals surface area contributed by atoms with E-state index in [4.69, 9.17) is 4.52 Å². The molecule has 0 spiro atoms. The van der Waals surface area contributed by atoms with Gasteiger partial charge in [-0.3, -0.25) is 9.69 Å². The molecule has 1 aromatic heterocycles. The van der Waals surface area contributed by atoms with Gasteiger partial charge in [-0.2, -0.15) is 4.98 Å². The van der Waals surface area contributed by atoms with Gasteiger partial charge in [0.25, 0.3) is 0 Å². The van der Waals surface area contributed by atoms with Crippen LogP contribution in [0.4, 0.5) is 0 Å². The van der Waals surface area contributed by atoms with Gasteiger partial charge >= 0.3 is 0 Å². The molecule has 1 aliphatic heterocycles. The third kappa shape index (κ3) is 4.49. The molecule has 1 aliphatic rings. The number of amides is 1. The zero-order valence-electron chi connectivity index (χ0n) is 15.9. The van der Waals surface area contributed by atoms with Crippen LogP contribution in [0, 0.1) is 0 Å². The van der Waals surface area contributed by atoms with Gasteiger partial charge in [-0.25, -0.2) is 0 Å². The van der Waals surface area contributed by atoms with Crippen LogP contribution in [0.2, 0.25) is 0 Å². The van der Waals surface area contributed by atoms with Crippen molar-refractivity contribution in [2.45, 2.75) is 58.7 Å². The van der Waals surface area contributed by atoms with Crippen LogP contribution in [-0.2, 0) is 17.9 Å². The van der Waals surface area contributed by atoms with Crippen LogP contribution in [0.25, 0.3) is 0 Å². The van der Waals surface area contributed by atoms with E-state index in [1.54, 1.807) is 0 Å². The number of hydrogen-bond donors (Lipinski definition) is 0. The Morgan fingerprint density at radius 1 is 1.23 bits per heavy atom. The SMILES string of the molecule is CC[C@H]1CN(Cc2nc(C(C)C)no2)CCC(=O)N1Cc1ccccc1. The van der Waals surface area contributed by atoms with Crippen molar-refractivity contribution in [1.82, 2.24) is 19.9 Å². The molecule has 6 nitrogen and oxygen atoms in total. The maximum Gasteiger partial charge on any atom is 0.240 e. The number of aromatic nitrogens is 2. The van der Waals surface area contributed by atoms with Crippen LogP contribution in [0.15, 0.2) is 34.9 Å². The van der Waals surface area contributed by atoms with Crippen molar-refractivity contribution in [3.63, 3.8) is 0 Å². The van der Waals surface area contributed by atoms with E-state index in [1.165, 1.54) is 5.56 Å². The zero-order valence-corrected chi connectivity index (χ0v) is 15.9. The van der Waals surface area contributed by atoms with E-state index in [0.717, 1.165) is 25.3 Å². The van der Waals surface area contributed by atoms with E-state index >= 15 is 0 Å². The van der Waals surface area contributed by atoms with Gasteiger partial charge in [0.05, 0.1) is 6.54 Å². The van der Waals surface area contributed by atoms with Crippen LogP contribution >= 0.6 is 0 Å². The Kier molecular flexibility index (Phi) is 6.04. The summed E-state index contributed by atoms with van der Waals surface area (Å²) in [6, 6.07) is 10.4. The van der Waals surface area contributed by atoms with Gasteiger partial charge in [-0.15, -0.1) is 0 Å². The average Bonchev–Trinajstić information content (AvgIpc) is 3.06. The molecule has 1 atom stereocenters. The summed E-state index contributed by atoms with van der Waals surface area (Å²) in [4.78, 5) is 21.5. The molecule has 0 saturated carbocycles. The summed E-state index contributed by atoms with van der Waals surface area (Å²) in [5.41, 5.74) is 1.17. The molecule has 6 heteroatoms. The molecular weight excluding hydrogens is 328 g/mol. The number of rotatable bonds is 6. The van der Waals surface area contributed by atoms with Crippen molar-refractivity contribution in [2.24, 2.45) is 0 Å². The molecule has 3 rings (SSSR count). The minimum Gasteiger partial charge on any atom is -0.338 e. The van der Waals surface area contributed by atoms with Crippen molar-refractivity contribution >= 4 is 5.91 Å². The van der Waals surface area contributed by atoms with Crippen LogP contribution in [0.3, 0.4) is 0 Å². The summed E-state index contributed by atoms with van der Waals surface area (Å²) >= 11 is 0. The van der Waals surface area contributed by atoms with E-state index in [-0.39, 0.29) is 17.9 Å². The summed E-state index contributed by atoms with van der Waals surface area (Å²) in [6.07, 6.45) is 1.45. The monoisotopic (exact) mass is 356 g/mol. The molecular formula is C20H28N4O2. The lowest BCUT2D eigenvalue weighted by Gasteiger charge is -2.31. The van der Waals surface area contributed by atoms with Gasteiger partial charge in [-0.05, 0) is 12.0 Å². The van der Waals surface area contributed by atoms with E-state index in [0.29, 0.717) is 25.4 Å². The summed E-state index contributed by atoms with van der Waals surface area (Å²) in [5, 5.41) is 4.04. The molecule has 140 valence electrons. The molecule has 0 radical (unpaired) electrons. The quantitative estimate of drug-likeness (QED) is 0.795. The minimum absolute atomic E-state index is 0.192. The Morgan fingerprint density at radius 3 is 2.65 bits per heavy atom. The van der Waals surface area contributed by atoms with Crippen LogP contribution in [0.1, 0.15) is 56.8 Å². The Morgan fingerprint density at radius 2 is 2.00 bits per heavy atom. The first kappa shape index (κ1) is 18.6. The Hall–Kier alpha value is -2.21. The first-order chi connectivity index (χ1) is 12.6. The third-order valence-corrected chi connectivity index (χ3v) is 4.90. The molecule has 1 amide bonds. The van der Waals surface area contributed by atoms with Crippen molar-refractivity contribution < 1.29 is 9.32 Å². The van der Waals surface area contributed by atoms with Crippen molar-refractivity contribution in [1.29, 1.82) is 0 Å². The largest absolute Gasteiger partial charge is 0.338 e. The molecule has 0 bridgehead atoms. The summed E-state index contributed by atoms with van der Waals surface area (Å²) in [5.74, 6) is 1.84. The second-order valence-electron chi connectivity index (χ2n) is 7.26. The maximum absolute atomic E-state index is 12.7. The topological polar surface area (TPSA) is 62.5 Å². The smallest absolute Gasteiger partial charge is 0.240 e. The molecule has 2 aromatic rings. The molecule has 26 heavy (non-hydrogen) atoms. The predicted molar refractivity (Wildman–Crippen MR) is 99.4 cm³/mol. The molecule has 1 saturated heterocycles. The van der Waals surface area contributed by atoms with Crippen LogP contribution < -0.4 is 0 Å². The lowest BCUT2D eigenvalue weighted by Crippen LogP contribution is -2.42. The Balaban J connectivity index is 1.69. The van der Waals surface area contributed by atoms with E-state index < -0.39 is 0 Å². The van der Waals surface area contributed by atoms with Gasteiger partial charge in [0.15, 0.2) is 5.82 Å². The first-order valence-electron chi connectivity index (χ1n) is 9.45. The highest BCUT2D eigenvalue weighted by Gasteiger charge is 2.29. The Bertz CT molecular complexity index is 714. The average molecular weight is 356 g/mol. The lowest BCUT2D eigenvalue weighted by molar-refractivity contribution is -0.133. The number of hydrogen-bond acceptors (Lipinski definition) is 5. The minimum atomic E-state index is 0.192. The summed E-state index contributed by atoms with van der Waals surface area (Å²) in [7, 11) is 0. The molecule has 1 fully saturated rings. The summed E-state index contributed by atoms with van der Waals surface area (Å²) in [6.45, 7) is 9.06. The normalized spacial score (nSPS) is 19.2. The standard InChI is InChI=1S/C20H28N4O2/c1-4-17-13-23(14-18-21-20(15(2)3)22-26-18)11-10-19(25)24(17)12-16-8-6-5-7-9-16/h5-9,15,17H,4,10-14H2,1-3H3/t17-/m0/s1. The predicted octanol–water partition coefficient (Wildman–Crippen LogP) is 3.21. The third-order valence-electron chi connectivity index (χ3n) is 4.90. The summed E-state index contributed by atoms with van der Waals surface area (Å²) < 4.78 is 5.39. The highest BCUT2D eigenvalue weighted by molar-refractivity contribution is 5.77. The van der Waals surface area contributed by atoms with Crippen molar-refractivity contribution in [3.05, 3.63) is 47.6 Å². The van der Waals surface area contributed by atoms with Gasteiger partial charge in [-0.1, -0.05) is 56.3 Å². The number of carbonyl (C=O) groups is 1.